The van der Waals surface area contributed by atoms with Gasteiger partial charge < -0.3 is 14.8 Å². The molecule has 0 heterocycles. The van der Waals surface area contributed by atoms with Crippen molar-refractivity contribution in [3.63, 3.8) is 0 Å². The van der Waals surface area contributed by atoms with Crippen molar-refractivity contribution in [2.45, 2.75) is 25.1 Å². The molecule has 0 aromatic heterocycles. The standard InChI is InChI=1S/C15H22BrNO3/c1-10(2)7-11(16)9-17-15(18)13-8-12(19-3)5-6-14(13)20-4/h5-6,8,10-11H,7,9H2,1-4H3,(H,17,18). The molecule has 0 saturated heterocycles. The van der Waals surface area contributed by atoms with E-state index in [9.17, 15) is 4.79 Å². The highest BCUT2D eigenvalue weighted by Gasteiger charge is 2.15. The van der Waals surface area contributed by atoms with E-state index in [0.29, 0.717) is 29.5 Å². The monoisotopic (exact) mass is 343 g/mol. The summed E-state index contributed by atoms with van der Waals surface area (Å²) in [7, 11) is 3.12. The molecule has 1 aromatic carbocycles. The molecule has 4 nitrogen and oxygen atoms in total. The van der Waals surface area contributed by atoms with E-state index in [-0.39, 0.29) is 10.7 Å². The van der Waals surface area contributed by atoms with Crippen molar-refractivity contribution in [1.29, 1.82) is 0 Å². The number of nitrogens with one attached hydrogen (secondary N) is 1. The predicted octanol–water partition coefficient (Wildman–Crippen LogP) is 3.24. The van der Waals surface area contributed by atoms with Crippen molar-refractivity contribution in [1.82, 2.24) is 5.32 Å². The first-order valence-electron chi connectivity index (χ1n) is 6.62. The Balaban J connectivity index is 2.71. The summed E-state index contributed by atoms with van der Waals surface area (Å²) in [6, 6.07) is 5.18. The van der Waals surface area contributed by atoms with Gasteiger partial charge in [-0.25, -0.2) is 0 Å². The molecule has 1 N–H and O–H groups in total. The zero-order valence-electron chi connectivity index (χ0n) is 12.4. The maximum atomic E-state index is 12.2. The number of amides is 1. The van der Waals surface area contributed by atoms with E-state index in [1.54, 1.807) is 32.4 Å². The molecular weight excluding hydrogens is 322 g/mol. The second-order valence-corrected chi connectivity index (χ2v) is 6.30. The number of ether oxygens (including phenoxy) is 2. The van der Waals surface area contributed by atoms with Gasteiger partial charge in [-0.2, -0.15) is 0 Å². The van der Waals surface area contributed by atoms with Crippen molar-refractivity contribution in [3.8, 4) is 11.5 Å². The summed E-state index contributed by atoms with van der Waals surface area (Å²) in [5, 5.41) is 2.91. The van der Waals surface area contributed by atoms with Crippen molar-refractivity contribution in [2.24, 2.45) is 5.92 Å². The Bertz CT molecular complexity index is 449. The average Bonchev–Trinajstić information content (AvgIpc) is 2.43. The van der Waals surface area contributed by atoms with Gasteiger partial charge in [0, 0.05) is 11.4 Å². The molecule has 0 radical (unpaired) electrons. The lowest BCUT2D eigenvalue weighted by Gasteiger charge is -2.15. The Morgan fingerprint density at radius 1 is 1.30 bits per heavy atom. The normalized spacial score (nSPS) is 12.1. The van der Waals surface area contributed by atoms with Gasteiger partial charge in [0.2, 0.25) is 0 Å². The molecule has 1 unspecified atom stereocenters. The number of carbonyl (C=O) groups is 1. The molecule has 0 saturated carbocycles. The topological polar surface area (TPSA) is 47.6 Å². The van der Waals surface area contributed by atoms with Crippen LogP contribution in [0.5, 0.6) is 11.5 Å². The maximum absolute atomic E-state index is 12.2. The second-order valence-electron chi connectivity index (χ2n) is 5.00. The Labute approximate surface area is 129 Å². The highest BCUT2D eigenvalue weighted by Crippen LogP contribution is 2.24. The lowest BCUT2D eigenvalue weighted by molar-refractivity contribution is 0.0950. The zero-order valence-corrected chi connectivity index (χ0v) is 14.0. The van der Waals surface area contributed by atoms with Gasteiger partial charge in [0.25, 0.3) is 5.91 Å². The summed E-state index contributed by atoms with van der Waals surface area (Å²) in [6.07, 6.45) is 1.01. The first-order chi connectivity index (χ1) is 9.47. The minimum absolute atomic E-state index is 0.158. The van der Waals surface area contributed by atoms with Crippen LogP contribution in [0.4, 0.5) is 0 Å². The van der Waals surface area contributed by atoms with Gasteiger partial charge >= 0.3 is 0 Å². The molecule has 1 amide bonds. The lowest BCUT2D eigenvalue weighted by atomic mass is 10.1. The molecule has 112 valence electrons. The fourth-order valence-corrected chi connectivity index (χ4v) is 2.79. The minimum Gasteiger partial charge on any atom is -0.497 e. The van der Waals surface area contributed by atoms with Crippen LogP contribution in [-0.4, -0.2) is 31.5 Å². The van der Waals surface area contributed by atoms with Gasteiger partial charge in [0.15, 0.2) is 0 Å². The number of halogens is 1. The molecule has 0 aliphatic carbocycles. The number of rotatable bonds is 7. The minimum atomic E-state index is -0.158. The predicted molar refractivity (Wildman–Crippen MR) is 84.0 cm³/mol. The second kappa shape index (κ2) is 8.15. The number of hydrogen-bond donors (Lipinski definition) is 1. The smallest absolute Gasteiger partial charge is 0.255 e. The molecule has 0 spiro atoms. The number of hydrogen-bond acceptors (Lipinski definition) is 3. The van der Waals surface area contributed by atoms with Gasteiger partial charge in [0.1, 0.15) is 11.5 Å². The van der Waals surface area contributed by atoms with Crippen LogP contribution in [0.15, 0.2) is 18.2 Å². The fraction of sp³-hybridized carbons (Fsp3) is 0.533. The maximum Gasteiger partial charge on any atom is 0.255 e. The Kier molecular flexibility index (Phi) is 6.85. The Morgan fingerprint density at radius 3 is 2.55 bits per heavy atom. The molecule has 0 aliphatic rings. The van der Waals surface area contributed by atoms with Crippen LogP contribution in [0.3, 0.4) is 0 Å². The largest absolute Gasteiger partial charge is 0.497 e. The van der Waals surface area contributed by atoms with Crippen LogP contribution < -0.4 is 14.8 Å². The van der Waals surface area contributed by atoms with Gasteiger partial charge in [-0.05, 0) is 30.5 Å². The summed E-state index contributed by atoms with van der Waals surface area (Å²) in [5.41, 5.74) is 0.482. The zero-order chi connectivity index (χ0) is 15.1. The van der Waals surface area contributed by atoms with Gasteiger partial charge in [-0.15, -0.1) is 0 Å². The fourth-order valence-electron chi connectivity index (χ4n) is 1.89. The molecular formula is C15H22BrNO3. The van der Waals surface area contributed by atoms with Crippen molar-refractivity contribution in [2.75, 3.05) is 20.8 Å². The van der Waals surface area contributed by atoms with Crippen LogP contribution in [0.1, 0.15) is 30.6 Å². The highest BCUT2D eigenvalue weighted by molar-refractivity contribution is 9.09. The Morgan fingerprint density at radius 2 is 2.00 bits per heavy atom. The molecule has 20 heavy (non-hydrogen) atoms. The number of benzene rings is 1. The molecule has 1 atom stereocenters. The molecule has 0 bridgehead atoms. The summed E-state index contributed by atoms with van der Waals surface area (Å²) in [5.74, 6) is 1.60. The third-order valence-corrected chi connectivity index (χ3v) is 3.56. The first kappa shape index (κ1) is 16.8. The van der Waals surface area contributed by atoms with Crippen LogP contribution in [0.2, 0.25) is 0 Å². The summed E-state index contributed by atoms with van der Waals surface area (Å²) >= 11 is 3.57. The lowest BCUT2D eigenvalue weighted by Crippen LogP contribution is -2.30. The van der Waals surface area contributed by atoms with Crippen molar-refractivity contribution >= 4 is 21.8 Å². The Hall–Kier alpha value is -1.23. The van der Waals surface area contributed by atoms with Crippen molar-refractivity contribution < 1.29 is 14.3 Å². The average molecular weight is 344 g/mol. The number of methoxy groups -OCH3 is 2. The highest BCUT2D eigenvalue weighted by atomic mass is 79.9. The van der Waals surface area contributed by atoms with E-state index in [4.69, 9.17) is 9.47 Å². The summed E-state index contributed by atoms with van der Waals surface area (Å²) in [6.45, 7) is 4.89. The van der Waals surface area contributed by atoms with E-state index < -0.39 is 0 Å². The van der Waals surface area contributed by atoms with Crippen molar-refractivity contribution in [3.05, 3.63) is 23.8 Å². The molecule has 1 rings (SSSR count). The third kappa shape index (κ3) is 5.04. The molecule has 0 fully saturated rings. The van der Waals surface area contributed by atoms with Crippen LogP contribution in [0, 0.1) is 5.92 Å². The molecule has 0 aliphatic heterocycles. The SMILES string of the molecule is COc1ccc(OC)c(C(=O)NCC(Br)CC(C)C)c1. The number of alkyl halides is 1. The van der Waals surface area contributed by atoms with Gasteiger partial charge in [-0.3, -0.25) is 4.79 Å². The van der Waals surface area contributed by atoms with Gasteiger partial charge in [0.05, 0.1) is 19.8 Å². The molecule has 5 heteroatoms. The van der Waals surface area contributed by atoms with E-state index in [1.807, 2.05) is 0 Å². The van der Waals surface area contributed by atoms with Crippen LogP contribution in [-0.2, 0) is 0 Å². The van der Waals surface area contributed by atoms with Gasteiger partial charge in [-0.1, -0.05) is 29.8 Å². The van der Waals surface area contributed by atoms with E-state index in [2.05, 4.69) is 35.1 Å². The summed E-state index contributed by atoms with van der Waals surface area (Å²) < 4.78 is 10.3. The van der Waals surface area contributed by atoms with Crippen LogP contribution >= 0.6 is 15.9 Å². The van der Waals surface area contributed by atoms with E-state index in [1.165, 1.54) is 0 Å². The van der Waals surface area contributed by atoms with E-state index in [0.717, 1.165) is 6.42 Å². The quantitative estimate of drug-likeness (QED) is 0.773. The summed E-state index contributed by atoms with van der Waals surface area (Å²) in [4.78, 5) is 12.5. The third-order valence-electron chi connectivity index (χ3n) is 2.86. The van der Waals surface area contributed by atoms with E-state index >= 15 is 0 Å². The van der Waals surface area contributed by atoms with Crippen LogP contribution in [0.25, 0.3) is 0 Å². The first-order valence-corrected chi connectivity index (χ1v) is 7.53. The number of carbonyl (C=O) groups excluding carboxylic acids is 1. The molecule has 1 aromatic rings.